The van der Waals surface area contributed by atoms with Crippen LogP contribution in [0.3, 0.4) is 0 Å². The lowest BCUT2D eigenvalue weighted by molar-refractivity contribution is -0.143. The molecule has 2 heterocycles. The van der Waals surface area contributed by atoms with Crippen LogP contribution in [0.1, 0.15) is 64.7 Å². The van der Waals surface area contributed by atoms with Gasteiger partial charge in [0.25, 0.3) is 0 Å². The van der Waals surface area contributed by atoms with Crippen LogP contribution in [-0.4, -0.2) is 47.3 Å². The summed E-state index contributed by atoms with van der Waals surface area (Å²) < 4.78 is 0. The lowest BCUT2D eigenvalue weighted by Crippen LogP contribution is -2.49. The highest BCUT2D eigenvalue weighted by molar-refractivity contribution is 5.83. The molecule has 0 aromatic carbocycles. The van der Waals surface area contributed by atoms with Gasteiger partial charge in [-0.05, 0) is 44.9 Å². The van der Waals surface area contributed by atoms with Crippen LogP contribution >= 0.6 is 0 Å². The minimum atomic E-state index is 0.0450. The highest BCUT2D eigenvalue weighted by Crippen LogP contribution is 2.33. The van der Waals surface area contributed by atoms with Gasteiger partial charge in [-0.3, -0.25) is 9.59 Å². The second-order valence-electron chi connectivity index (χ2n) is 7.34. The summed E-state index contributed by atoms with van der Waals surface area (Å²) in [5.41, 5.74) is 0. The van der Waals surface area contributed by atoms with E-state index in [9.17, 15) is 9.59 Å². The van der Waals surface area contributed by atoms with Gasteiger partial charge in [-0.2, -0.15) is 0 Å². The zero-order chi connectivity index (χ0) is 15.5. The fourth-order valence-corrected chi connectivity index (χ4v) is 4.09. The number of likely N-dealkylation sites (tertiary alicyclic amines) is 2. The summed E-state index contributed by atoms with van der Waals surface area (Å²) in [5, 5.41) is 0. The third-order valence-electron chi connectivity index (χ3n) is 5.64. The molecule has 0 aromatic heterocycles. The van der Waals surface area contributed by atoms with Crippen LogP contribution < -0.4 is 0 Å². The van der Waals surface area contributed by atoms with Gasteiger partial charge in [-0.1, -0.05) is 19.8 Å². The van der Waals surface area contributed by atoms with Crippen molar-refractivity contribution in [3.05, 3.63) is 0 Å². The molecule has 0 spiro atoms. The Kier molecular flexibility index (Phi) is 5.04. The molecule has 3 rings (SSSR count). The van der Waals surface area contributed by atoms with Gasteiger partial charge in [0.15, 0.2) is 0 Å². The van der Waals surface area contributed by atoms with Crippen molar-refractivity contribution in [1.82, 2.24) is 9.80 Å². The number of hydrogen-bond donors (Lipinski definition) is 0. The first-order valence-corrected chi connectivity index (χ1v) is 9.30. The molecule has 4 nitrogen and oxygen atoms in total. The van der Waals surface area contributed by atoms with E-state index in [0.29, 0.717) is 24.4 Å². The van der Waals surface area contributed by atoms with Gasteiger partial charge < -0.3 is 9.80 Å². The Morgan fingerprint density at radius 2 is 1.68 bits per heavy atom. The lowest BCUT2D eigenvalue weighted by atomic mass is 9.95. The van der Waals surface area contributed by atoms with Gasteiger partial charge in [0.2, 0.25) is 11.8 Å². The van der Waals surface area contributed by atoms with Crippen LogP contribution in [0.15, 0.2) is 0 Å². The van der Waals surface area contributed by atoms with Crippen LogP contribution in [-0.2, 0) is 9.59 Å². The van der Waals surface area contributed by atoms with Crippen molar-refractivity contribution in [3.8, 4) is 0 Å². The van der Waals surface area contributed by atoms with Crippen molar-refractivity contribution in [3.63, 3.8) is 0 Å². The quantitative estimate of drug-likeness (QED) is 0.804. The maximum atomic E-state index is 13.0. The number of piperidine rings is 1. The zero-order valence-corrected chi connectivity index (χ0v) is 13.9. The fourth-order valence-electron chi connectivity index (χ4n) is 4.09. The van der Waals surface area contributed by atoms with Gasteiger partial charge in [0, 0.05) is 31.6 Å². The summed E-state index contributed by atoms with van der Waals surface area (Å²) in [6.45, 7) is 4.64. The molecule has 4 heteroatoms. The van der Waals surface area contributed by atoms with E-state index >= 15 is 0 Å². The van der Waals surface area contributed by atoms with Crippen LogP contribution in [0.25, 0.3) is 0 Å². The molecule has 0 bridgehead atoms. The van der Waals surface area contributed by atoms with Crippen molar-refractivity contribution in [2.24, 2.45) is 11.8 Å². The number of carbonyl (C=O) groups excluding carboxylic acids is 2. The van der Waals surface area contributed by atoms with E-state index in [-0.39, 0.29) is 11.8 Å². The Morgan fingerprint density at radius 1 is 0.864 bits per heavy atom. The maximum Gasteiger partial charge on any atom is 0.227 e. The minimum Gasteiger partial charge on any atom is -0.342 e. The summed E-state index contributed by atoms with van der Waals surface area (Å²) in [7, 11) is 0. The SMILES string of the molecule is CC[C@H]1CCCCCN1C(=O)[C@@H]1CCCN(C(=O)C2CC2)C1. The highest BCUT2D eigenvalue weighted by Gasteiger charge is 2.38. The van der Waals surface area contributed by atoms with Crippen LogP contribution in [0.5, 0.6) is 0 Å². The van der Waals surface area contributed by atoms with Gasteiger partial charge >= 0.3 is 0 Å². The van der Waals surface area contributed by atoms with Crippen molar-refractivity contribution in [1.29, 1.82) is 0 Å². The summed E-state index contributed by atoms with van der Waals surface area (Å²) in [6, 6.07) is 0.421. The average Bonchev–Trinajstić information content (AvgIpc) is 3.39. The smallest absolute Gasteiger partial charge is 0.227 e. The molecule has 124 valence electrons. The van der Waals surface area contributed by atoms with Crippen molar-refractivity contribution in [2.75, 3.05) is 19.6 Å². The van der Waals surface area contributed by atoms with Crippen LogP contribution in [0.4, 0.5) is 0 Å². The molecule has 1 aliphatic carbocycles. The predicted molar refractivity (Wildman–Crippen MR) is 86.3 cm³/mol. The van der Waals surface area contributed by atoms with E-state index in [1.54, 1.807) is 0 Å². The van der Waals surface area contributed by atoms with Gasteiger partial charge in [-0.25, -0.2) is 0 Å². The fraction of sp³-hybridized carbons (Fsp3) is 0.889. The molecule has 2 saturated heterocycles. The molecule has 0 unspecified atom stereocenters. The van der Waals surface area contributed by atoms with E-state index < -0.39 is 0 Å². The predicted octanol–water partition coefficient (Wildman–Crippen LogP) is 2.82. The van der Waals surface area contributed by atoms with E-state index in [1.165, 1.54) is 12.8 Å². The second kappa shape index (κ2) is 7.01. The summed E-state index contributed by atoms with van der Waals surface area (Å²) in [6.07, 6.45) is 9.90. The molecular weight excluding hydrogens is 276 g/mol. The number of hydrogen-bond acceptors (Lipinski definition) is 2. The molecule has 0 aromatic rings. The van der Waals surface area contributed by atoms with E-state index in [2.05, 4.69) is 11.8 Å². The van der Waals surface area contributed by atoms with Gasteiger partial charge in [0.1, 0.15) is 0 Å². The molecule has 2 atom stereocenters. The van der Waals surface area contributed by atoms with Crippen molar-refractivity contribution in [2.45, 2.75) is 70.8 Å². The number of carbonyl (C=O) groups is 2. The molecule has 1 saturated carbocycles. The zero-order valence-electron chi connectivity index (χ0n) is 13.9. The largest absolute Gasteiger partial charge is 0.342 e. The first kappa shape index (κ1) is 15.8. The second-order valence-corrected chi connectivity index (χ2v) is 7.34. The summed E-state index contributed by atoms with van der Waals surface area (Å²) in [5.74, 6) is 0.946. The molecule has 2 aliphatic heterocycles. The molecule has 22 heavy (non-hydrogen) atoms. The highest BCUT2D eigenvalue weighted by atomic mass is 16.2. The number of nitrogens with zero attached hydrogens (tertiary/aromatic N) is 2. The first-order chi connectivity index (χ1) is 10.7. The third-order valence-corrected chi connectivity index (χ3v) is 5.64. The molecule has 2 amide bonds. The van der Waals surface area contributed by atoms with Gasteiger partial charge in [0.05, 0.1) is 5.92 Å². The van der Waals surface area contributed by atoms with Gasteiger partial charge in [-0.15, -0.1) is 0 Å². The van der Waals surface area contributed by atoms with E-state index in [0.717, 1.165) is 58.0 Å². The topological polar surface area (TPSA) is 40.6 Å². The molecular formula is C18H30N2O2. The molecule has 3 fully saturated rings. The molecule has 0 radical (unpaired) electrons. The number of rotatable bonds is 3. The summed E-state index contributed by atoms with van der Waals surface area (Å²) in [4.78, 5) is 29.4. The molecule has 3 aliphatic rings. The standard InChI is InChI=1S/C18H30N2O2/c1-2-16-8-4-3-5-12-20(16)18(22)15-7-6-11-19(13-15)17(21)14-9-10-14/h14-16H,2-13H2,1H3/t15-,16+/m1/s1. The maximum absolute atomic E-state index is 13.0. The summed E-state index contributed by atoms with van der Waals surface area (Å²) >= 11 is 0. The Bertz CT molecular complexity index is 419. The average molecular weight is 306 g/mol. The first-order valence-electron chi connectivity index (χ1n) is 9.30. The third kappa shape index (κ3) is 3.47. The van der Waals surface area contributed by atoms with Crippen molar-refractivity contribution >= 4 is 11.8 Å². The van der Waals surface area contributed by atoms with Crippen LogP contribution in [0, 0.1) is 11.8 Å². The van der Waals surface area contributed by atoms with E-state index in [1.807, 2.05) is 4.90 Å². The lowest BCUT2D eigenvalue weighted by Gasteiger charge is -2.37. The Balaban J connectivity index is 1.63. The van der Waals surface area contributed by atoms with E-state index in [4.69, 9.17) is 0 Å². The molecule has 0 N–H and O–H groups in total. The van der Waals surface area contributed by atoms with Crippen LogP contribution in [0.2, 0.25) is 0 Å². The Hall–Kier alpha value is -1.06. The Morgan fingerprint density at radius 3 is 2.41 bits per heavy atom. The van der Waals surface area contributed by atoms with Crippen molar-refractivity contribution < 1.29 is 9.59 Å². The monoisotopic (exact) mass is 306 g/mol. The minimum absolute atomic E-state index is 0.0450. The normalized spacial score (nSPS) is 30.0. The Labute approximate surface area is 134 Å². The number of amides is 2.